The van der Waals surface area contributed by atoms with Crippen LogP contribution in [0.2, 0.25) is 0 Å². The van der Waals surface area contributed by atoms with Gasteiger partial charge in [-0.25, -0.2) is 8.78 Å². The van der Waals surface area contributed by atoms with Gasteiger partial charge in [0.2, 0.25) is 5.91 Å². The fourth-order valence-electron chi connectivity index (χ4n) is 5.44. The third-order valence-corrected chi connectivity index (χ3v) is 11.0. The molecule has 0 aromatic heterocycles. The van der Waals surface area contributed by atoms with Crippen molar-refractivity contribution in [2.75, 3.05) is 31.7 Å². The first kappa shape index (κ1) is 31.5. The Balaban J connectivity index is 1.80. The Hall–Kier alpha value is -2.39. The summed E-state index contributed by atoms with van der Waals surface area (Å²) in [5.74, 6) is -2.70. The predicted octanol–water partition coefficient (Wildman–Crippen LogP) is 5.33. The van der Waals surface area contributed by atoms with E-state index in [1.165, 1.54) is 17.0 Å². The number of hydrogen-bond acceptors (Lipinski definition) is 4. The van der Waals surface area contributed by atoms with Crippen LogP contribution in [0.1, 0.15) is 30.4 Å². The maximum Gasteiger partial charge on any atom is 0.430 e. The van der Waals surface area contributed by atoms with Gasteiger partial charge in [-0.2, -0.15) is 26.3 Å². The van der Waals surface area contributed by atoms with Crippen LogP contribution in [0.15, 0.2) is 47.4 Å². The maximum absolute atomic E-state index is 15.4. The van der Waals surface area contributed by atoms with Crippen molar-refractivity contribution in [1.82, 2.24) is 4.90 Å². The molecule has 2 saturated heterocycles. The van der Waals surface area contributed by atoms with Gasteiger partial charge >= 0.3 is 12.4 Å². The molecule has 0 N–H and O–H groups in total. The van der Waals surface area contributed by atoms with E-state index in [9.17, 15) is 43.9 Å². The van der Waals surface area contributed by atoms with Gasteiger partial charge in [-0.3, -0.25) is 13.2 Å². The summed E-state index contributed by atoms with van der Waals surface area (Å²) in [6, 6.07) is 6.01. The molecule has 0 saturated carbocycles. The normalized spacial score (nSPS) is 24.9. The maximum atomic E-state index is 15.4. The molecular weight excluding hydrogens is 606 g/mol. The molecule has 1 amide bonds. The predicted molar refractivity (Wildman–Crippen MR) is 133 cm³/mol. The minimum absolute atomic E-state index is 0.0157. The third-order valence-electron chi connectivity index (χ3n) is 7.64. The number of alkyl halides is 6. The third kappa shape index (κ3) is 5.56. The number of halogens is 8. The highest BCUT2D eigenvalue weighted by atomic mass is 32.2. The zero-order valence-corrected chi connectivity index (χ0v) is 23.1. The van der Waals surface area contributed by atoms with Crippen LogP contribution in [0, 0.1) is 17.6 Å². The molecule has 2 aromatic carbocycles. The lowest BCUT2D eigenvalue weighted by molar-refractivity contribution is -0.384. The molecule has 1 unspecified atom stereocenters. The van der Waals surface area contributed by atoms with Crippen LogP contribution in [0.5, 0.6) is 0 Å². The molecule has 4 rings (SSSR count). The second-order valence-corrected chi connectivity index (χ2v) is 13.4. The van der Waals surface area contributed by atoms with Crippen LogP contribution in [-0.2, 0) is 41.5 Å². The Morgan fingerprint density at radius 1 is 1.00 bits per heavy atom. The molecule has 226 valence electrons. The Kier molecular flexibility index (Phi) is 8.74. The fraction of sp³-hybridized carbons (Fsp3) is 0.500. The molecule has 0 spiro atoms. The first-order valence-electron chi connectivity index (χ1n) is 12.4. The van der Waals surface area contributed by atoms with Crippen LogP contribution >= 0.6 is 0 Å². The first-order chi connectivity index (χ1) is 19.1. The van der Waals surface area contributed by atoms with Gasteiger partial charge < -0.3 is 9.64 Å². The van der Waals surface area contributed by atoms with Gasteiger partial charge in [-0.15, -0.1) is 0 Å². The number of hydrogen-bond donors (Lipinski definition) is 0. The molecule has 0 radical (unpaired) electrons. The van der Waals surface area contributed by atoms with E-state index in [1.807, 2.05) is 0 Å². The van der Waals surface area contributed by atoms with Crippen LogP contribution < -0.4 is 0 Å². The van der Waals surface area contributed by atoms with E-state index >= 15 is 4.39 Å². The Morgan fingerprint density at radius 3 is 2.10 bits per heavy atom. The summed E-state index contributed by atoms with van der Waals surface area (Å²) in [5, 5.41) is 0. The van der Waals surface area contributed by atoms with E-state index < -0.39 is 67.4 Å². The Bertz CT molecular complexity index is 1320. The first-order valence-corrected chi connectivity index (χ1v) is 15.0. The molecule has 2 aliphatic heterocycles. The molecule has 5 nitrogen and oxygen atoms in total. The number of methoxy groups -OCH3 is 1. The lowest BCUT2D eigenvalue weighted by atomic mass is 9.88. The van der Waals surface area contributed by atoms with Gasteiger partial charge in [0.1, 0.15) is 11.6 Å². The van der Waals surface area contributed by atoms with Gasteiger partial charge in [-0.05, 0) is 55.2 Å². The number of nitrogens with zero attached hydrogens (tertiary/aromatic N) is 1. The van der Waals surface area contributed by atoms with E-state index in [-0.39, 0.29) is 43.0 Å². The lowest BCUT2D eigenvalue weighted by Gasteiger charge is -2.37. The Morgan fingerprint density at radius 2 is 1.59 bits per heavy atom. The number of amides is 1. The Labute approximate surface area is 235 Å². The molecule has 2 aromatic rings. The minimum Gasteiger partial charge on any atom is -0.357 e. The van der Waals surface area contributed by atoms with Crippen molar-refractivity contribution in [3.63, 3.8) is 0 Å². The summed E-state index contributed by atoms with van der Waals surface area (Å²) in [7, 11) is -3.03. The summed E-state index contributed by atoms with van der Waals surface area (Å²) in [4.78, 5) is 14.7. The zero-order valence-electron chi connectivity index (χ0n) is 21.5. The van der Waals surface area contributed by atoms with Gasteiger partial charge in [0.25, 0.3) is 5.60 Å². The number of carbonyl (C=O) groups is 1. The van der Waals surface area contributed by atoms with Crippen molar-refractivity contribution in [3.05, 3.63) is 65.2 Å². The van der Waals surface area contributed by atoms with Crippen LogP contribution in [0.25, 0.3) is 0 Å². The molecule has 15 heteroatoms. The monoisotopic (exact) mass is 631 g/mol. The van der Waals surface area contributed by atoms with Crippen molar-refractivity contribution in [3.8, 4) is 0 Å². The van der Waals surface area contributed by atoms with Crippen molar-refractivity contribution in [1.29, 1.82) is 0 Å². The van der Waals surface area contributed by atoms with Crippen LogP contribution in [0.3, 0.4) is 0 Å². The second kappa shape index (κ2) is 11.4. The molecular formula is C26H25F8NO4S2. The molecule has 41 heavy (non-hydrogen) atoms. The number of ether oxygens (including phenoxy) is 1. The summed E-state index contributed by atoms with van der Waals surface area (Å²) >= 11 is 0. The summed E-state index contributed by atoms with van der Waals surface area (Å²) in [5.41, 5.74) is -6.99. The molecule has 2 atom stereocenters. The highest BCUT2D eigenvalue weighted by molar-refractivity contribution is 7.86. The van der Waals surface area contributed by atoms with E-state index in [0.29, 0.717) is 36.5 Å². The van der Waals surface area contributed by atoms with Crippen LogP contribution in [-0.4, -0.2) is 63.3 Å². The summed E-state index contributed by atoms with van der Waals surface area (Å²) in [6.07, 6.45) is -11.5. The highest BCUT2D eigenvalue weighted by Crippen LogP contribution is 2.54. The quantitative estimate of drug-likeness (QED) is 0.405. The number of rotatable bonds is 6. The van der Waals surface area contributed by atoms with E-state index in [4.69, 9.17) is 0 Å². The standard InChI is InChI=1S/C26H25F8NO4S2/c1-39-24(25(29,30)31,26(32,33)34)20-7-2-17(14-21(20)28)23(41(38)19-5-3-18(27)4-6-19)10-11-35(15-23)22(36)16-8-12-40(37)13-9-16/h2-7,14,16H,8-13,15H2,1H3/t16?,23-,40?,41?/m0/s1. The van der Waals surface area contributed by atoms with Crippen molar-refractivity contribution in [2.45, 2.75) is 46.9 Å². The van der Waals surface area contributed by atoms with E-state index in [2.05, 4.69) is 4.74 Å². The average molecular weight is 632 g/mol. The number of likely N-dealkylation sites (tertiary alicyclic amines) is 1. The molecule has 2 fully saturated rings. The number of benzene rings is 2. The smallest absolute Gasteiger partial charge is 0.357 e. The zero-order chi connectivity index (χ0) is 30.4. The lowest BCUT2D eigenvalue weighted by Crippen LogP contribution is -2.55. The SMILES string of the molecule is COC(c1ccc([C@]2(S(=O)c3ccc(F)cc3)CCN(C(=O)C3CCS(=O)CC3)C2)cc1F)(C(F)(F)F)C(F)(F)F. The fourth-order valence-corrected chi connectivity index (χ4v) is 8.46. The van der Waals surface area contributed by atoms with Crippen LogP contribution in [0.4, 0.5) is 35.1 Å². The average Bonchev–Trinajstić information content (AvgIpc) is 3.35. The topological polar surface area (TPSA) is 63.7 Å². The molecule has 2 heterocycles. The van der Waals surface area contributed by atoms with Crippen molar-refractivity contribution in [2.24, 2.45) is 5.92 Å². The second-order valence-electron chi connectivity index (χ2n) is 9.92. The molecule has 0 aliphatic carbocycles. The van der Waals surface area contributed by atoms with Gasteiger partial charge in [0, 0.05) is 58.9 Å². The van der Waals surface area contributed by atoms with E-state index in [1.54, 1.807) is 0 Å². The molecule has 2 aliphatic rings. The van der Waals surface area contributed by atoms with Crippen molar-refractivity contribution < 1.29 is 53.1 Å². The van der Waals surface area contributed by atoms with Gasteiger partial charge in [0.05, 0.1) is 15.5 Å². The highest BCUT2D eigenvalue weighted by Gasteiger charge is 2.74. The van der Waals surface area contributed by atoms with E-state index in [0.717, 1.165) is 18.2 Å². The largest absolute Gasteiger partial charge is 0.430 e. The minimum atomic E-state index is -6.09. The summed E-state index contributed by atoms with van der Waals surface area (Å²) < 4.78 is 140. The summed E-state index contributed by atoms with van der Waals surface area (Å²) in [6.45, 7) is -0.274. The molecule has 0 bridgehead atoms. The number of carbonyl (C=O) groups excluding carboxylic acids is 1. The van der Waals surface area contributed by atoms with Crippen molar-refractivity contribution >= 4 is 27.5 Å². The van der Waals surface area contributed by atoms with Gasteiger partial charge in [0.15, 0.2) is 0 Å². The van der Waals surface area contributed by atoms with Gasteiger partial charge in [-0.1, -0.05) is 12.1 Å².